The number of hydrogen-bond donors (Lipinski definition) is 13. The molecule has 74 heavy (non-hydrogen) atoms. The average molecular weight is 1070 g/mol. The van der Waals surface area contributed by atoms with E-state index in [1.165, 1.54) is 6.92 Å². The van der Waals surface area contributed by atoms with Crippen LogP contribution in [0.25, 0.3) is 0 Å². The Morgan fingerprint density at radius 1 is 0.554 bits per heavy atom. The van der Waals surface area contributed by atoms with E-state index in [0.29, 0.717) is 49.4 Å². The Labute approximate surface area is 431 Å². The molecule has 428 valence electrons. The van der Waals surface area contributed by atoms with E-state index in [-0.39, 0.29) is 34.9 Å². The standard InChI is InChI=1S/C51H86O23/c1-20(66-45-41(63)37(59)34(56)29(17-52)69-45)9-14-51(65-6)21(2)32-28(74-51)16-27-25-8-7-23-15-24(10-12-49(23,4)26(25)11-13-50(27,32)5)68-47-42(64)39(61)43(31(19-54)71-47)72-48-44(38(60)35(57)30(18-53)70-48)73-46-40(62)36(58)33(55)22(3)67-46/h20-48,52-64H,7-19H2,1-6H3/t20?,21?,22-,23?,24?,25?,26?,27?,28?,29+,30+,31+,32?,33+,34+,35+,36+,37-,38-,39+,40+,41+,42+,43+,44+,45+,46-,47+,48-,49?,50?,51?/m0/s1. The first kappa shape index (κ1) is 57.8. The minimum absolute atomic E-state index is 0.0156. The SMILES string of the molecule is COC1(CCC(C)O[C@@H]2O[C@H](CO)[C@@H](O)[C@H](O)[C@H]2O)OC2CC3C4CCC5CC(O[C@@H]6O[C@H](CO)[C@@H](O[C@@H]7O[C@H](CO)[C@@H](O)[C@H](O)[C@H]7O[C@@H]7O[C@@H](C)[C@@H](O)[C@@H](O)[C@H]7O)[C@H](O)[C@H]6O)CCC5(C)C4CCC3(C)C2C1C. The molecule has 0 aromatic heterocycles. The summed E-state index contributed by atoms with van der Waals surface area (Å²) in [5.74, 6) is 1.30. The minimum atomic E-state index is -1.83. The van der Waals surface area contributed by atoms with Crippen LogP contribution in [0, 0.1) is 46.3 Å². The van der Waals surface area contributed by atoms with Crippen molar-refractivity contribution in [3.05, 3.63) is 0 Å². The summed E-state index contributed by atoms with van der Waals surface area (Å²) in [5, 5.41) is 137. The maximum absolute atomic E-state index is 11.6. The van der Waals surface area contributed by atoms with Gasteiger partial charge in [-0.05, 0) is 112 Å². The first-order valence-electron chi connectivity index (χ1n) is 27.2. The molecule has 9 rings (SSSR count). The van der Waals surface area contributed by atoms with E-state index in [0.717, 1.165) is 38.5 Å². The molecule has 5 aliphatic heterocycles. The second-order valence-electron chi connectivity index (χ2n) is 23.9. The van der Waals surface area contributed by atoms with Crippen LogP contribution in [0.2, 0.25) is 0 Å². The van der Waals surface area contributed by atoms with E-state index in [1.54, 1.807) is 7.11 Å². The number of ether oxygens (including phenoxy) is 10. The number of aliphatic hydroxyl groups is 13. The third-order valence-corrected chi connectivity index (χ3v) is 20.1. The van der Waals surface area contributed by atoms with Gasteiger partial charge in [0.15, 0.2) is 30.9 Å². The predicted octanol–water partition coefficient (Wildman–Crippen LogP) is -2.52. The second-order valence-corrected chi connectivity index (χ2v) is 23.9. The summed E-state index contributed by atoms with van der Waals surface area (Å²) in [6.07, 6.45) is -22.6. The van der Waals surface area contributed by atoms with Gasteiger partial charge >= 0.3 is 0 Å². The van der Waals surface area contributed by atoms with Gasteiger partial charge in [-0.1, -0.05) is 20.8 Å². The van der Waals surface area contributed by atoms with Crippen LogP contribution < -0.4 is 0 Å². The van der Waals surface area contributed by atoms with Crippen LogP contribution in [0.3, 0.4) is 0 Å². The Kier molecular flexibility index (Phi) is 17.6. The lowest BCUT2D eigenvalue weighted by Crippen LogP contribution is -2.67. The number of hydrogen-bond acceptors (Lipinski definition) is 23. The fourth-order valence-electron chi connectivity index (χ4n) is 15.8. The van der Waals surface area contributed by atoms with Gasteiger partial charge < -0.3 is 114 Å². The van der Waals surface area contributed by atoms with Gasteiger partial charge in [0.25, 0.3) is 0 Å². The zero-order valence-electron chi connectivity index (χ0n) is 43.3. The van der Waals surface area contributed by atoms with Gasteiger partial charge in [-0.25, -0.2) is 0 Å². The van der Waals surface area contributed by atoms with Gasteiger partial charge in [-0.15, -0.1) is 0 Å². The number of methoxy groups -OCH3 is 1. The molecule has 9 aliphatic rings. The van der Waals surface area contributed by atoms with Crippen LogP contribution in [-0.2, 0) is 47.4 Å². The molecular weight excluding hydrogens is 981 g/mol. The Bertz CT molecular complexity index is 1850. The van der Waals surface area contributed by atoms with Gasteiger partial charge in [-0.3, -0.25) is 0 Å². The molecule has 0 spiro atoms. The van der Waals surface area contributed by atoms with Crippen LogP contribution in [-0.4, -0.2) is 240 Å². The number of aliphatic hydroxyl groups excluding tert-OH is 13. The van der Waals surface area contributed by atoms with Gasteiger partial charge in [0, 0.05) is 19.4 Å². The quantitative estimate of drug-likeness (QED) is 0.0753. The maximum Gasteiger partial charge on any atom is 0.187 e. The highest BCUT2D eigenvalue weighted by atomic mass is 16.8. The lowest BCUT2D eigenvalue weighted by atomic mass is 9.44. The fourth-order valence-corrected chi connectivity index (χ4v) is 15.8. The van der Waals surface area contributed by atoms with Gasteiger partial charge in [0.1, 0.15) is 91.6 Å². The third-order valence-electron chi connectivity index (χ3n) is 20.1. The summed E-state index contributed by atoms with van der Waals surface area (Å²) in [7, 11) is 1.69. The van der Waals surface area contributed by atoms with E-state index in [9.17, 15) is 66.4 Å². The second kappa shape index (κ2) is 22.6. The van der Waals surface area contributed by atoms with Crippen molar-refractivity contribution in [3.63, 3.8) is 0 Å². The summed E-state index contributed by atoms with van der Waals surface area (Å²) in [6, 6.07) is 0. The molecule has 0 bridgehead atoms. The van der Waals surface area contributed by atoms with Gasteiger partial charge in [0.05, 0.1) is 44.2 Å². The Morgan fingerprint density at radius 2 is 1.12 bits per heavy atom. The monoisotopic (exact) mass is 1070 g/mol. The number of fused-ring (bicyclic) bond motifs is 7. The summed E-state index contributed by atoms with van der Waals surface area (Å²) in [4.78, 5) is 0. The van der Waals surface area contributed by atoms with Crippen molar-refractivity contribution >= 4 is 0 Å². The van der Waals surface area contributed by atoms with Crippen LogP contribution in [0.5, 0.6) is 0 Å². The smallest absolute Gasteiger partial charge is 0.187 e. The van der Waals surface area contributed by atoms with Crippen LogP contribution in [0.1, 0.15) is 98.8 Å². The third kappa shape index (κ3) is 10.1. The van der Waals surface area contributed by atoms with Gasteiger partial charge in [0.2, 0.25) is 0 Å². The topological polar surface area (TPSA) is 355 Å². The molecule has 23 heteroatoms. The highest BCUT2D eigenvalue weighted by Crippen LogP contribution is 2.71. The molecule has 5 saturated heterocycles. The Balaban J connectivity index is 0.800. The van der Waals surface area contributed by atoms with E-state index < -0.39 is 155 Å². The molecule has 9 fully saturated rings. The molecule has 32 atom stereocenters. The van der Waals surface area contributed by atoms with E-state index in [1.807, 2.05) is 6.92 Å². The predicted molar refractivity (Wildman–Crippen MR) is 250 cm³/mol. The lowest BCUT2D eigenvalue weighted by molar-refractivity contribution is -0.389. The molecule has 13 N–H and O–H groups in total. The highest BCUT2D eigenvalue weighted by molar-refractivity contribution is 5.15. The van der Waals surface area contributed by atoms with E-state index >= 15 is 0 Å². The highest BCUT2D eigenvalue weighted by Gasteiger charge is 2.69. The fraction of sp³-hybridized carbons (Fsp3) is 1.00. The van der Waals surface area contributed by atoms with Crippen molar-refractivity contribution in [1.82, 2.24) is 0 Å². The van der Waals surface area contributed by atoms with Crippen molar-refractivity contribution < 1.29 is 114 Å². The first-order chi connectivity index (χ1) is 35.1. The molecule has 12 unspecified atom stereocenters. The molecule has 4 saturated carbocycles. The number of rotatable bonds is 15. The molecule has 23 nitrogen and oxygen atoms in total. The summed E-state index contributed by atoms with van der Waals surface area (Å²) in [5.41, 5.74) is 0.0723. The average Bonchev–Trinajstić information content (AvgIpc) is 3.85. The molecule has 0 amide bonds. The largest absolute Gasteiger partial charge is 0.394 e. The zero-order chi connectivity index (χ0) is 53.5. The van der Waals surface area contributed by atoms with E-state index in [4.69, 9.17) is 47.4 Å². The van der Waals surface area contributed by atoms with Crippen LogP contribution in [0.4, 0.5) is 0 Å². The molecular formula is C51H86O23. The first-order valence-corrected chi connectivity index (χ1v) is 27.2. The van der Waals surface area contributed by atoms with Crippen molar-refractivity contribution in [2.45, 2.75) is 246 Å². The molecule has 0 radical (unpaired) electrons. The Hall–Kier alpha value is -0.920. The molecule has 5 heterocycles. The zero-order valence-corrected chi connectivity index (χ0v) is 43.3. The summed E-state index contributed by atoms with van der Waals surface area (Å²) >= 11 is 0. The van der Waals surface area contributed by atoms with Crippen LogP contribution in [0.15, 0.2) is 0 Å². The van der Waals surface area contributed by atoms with E-state index in [2.05, 4.69) is 20.8 Å². The summed E-state index contributed by atoms with van der Waals surface area (Å²) in [6.45, 7) is 8.38. The van der Waals surface area contributed by atoms with Gasteiger partial charge in [-0.2, -0.15) is 0 Å². The van der Waals surface area contributed by atoms with Crippen molar-refractivity contribution in [2.24, 2.45) is 46.3 Å². The lowest BCUT2D eigenvalue weighted by Gasteiger charge is -2.61. The molecule has 4 aliphatic carbocycles. The normalized spacial score (nSPS) is 56.0. The summed E-state index contributed by atoms with van der Waals surface area (Å²) < 4.78 is 60.7. The van der Waals surface area contributed by atoms with Crippen molar-refractivity contribution in [1.29, 1.82) is 0 Å². The molecule has 0 aromatic carbocycles. The maximum atomic E-state index is 11.6. The van der Waals surface area contributed by atoms with Crippen molar-refractivity contribution in [2.75, 3.05) is 26.9 Å². The molecule has 0 aromatic rings. The minimum Gasteiger partial charge on any atom is -0.394 e. The Morgan fingerprint density at radius 3 is 1.80 bits per heavy atom. The van der Waals surface area contributed by atoms with Crippen LogP contribution >= 0.6 is 0 Å². The van der Waals surface area contributed by atoms with Crippen molar-refractivity contribution in [3.8, 4) is 0 Å².